The number of nitrogens with two attached hydrogens (primary N) is 1. The van der Waals surface area contributed by atoms with Crippen molar-refractivity contribution in [3.63, 3.8) is 0 Å². The lowest BCUT2D eigenvalue weighted by molar-refractivity contribution is 0.619. The van der Waals surface area contributed by atoms with E-state index in [0.717, 1.165) is 22.5 Å². The van der Waals surface area contributed by atoms with Crippen LogP contribution in [0.15, 0.2) is 34.7 Å². The van der Waals surface area contributed by atoms with Crippen molar-refractivity contribution >= 4 is 16.9 Å². The molecule has 0 unspecified atom stereocenters. The van der Waals surface area contributed by atoms with Gasteiger partial charge in [0.2, 0.25) is 5.89 Å². The molecule has 0 saturated carbocycles. The lowest BCUT2D eigenvalue weighted by Crippen LogP contribution is -1.89. The highest BCUT2D eigenvalue weighted by Gasteiger charge is 2.09. The quantitative estimate of drug-likeness (QED) is 0.663. The molecule has 3 aromatic rings. The van der Waals surface area contributed by atoms with Gasteiger partial charge in [-0.3, -0.25) is 0 Å². The van der Waals surface area contributed by atoms with E-state index in [1.165, 1.54) is 0 Å². The Bertz CT molecular complexity index is 731. The van der Waals surface area contributed by atoms with Crippen LogP contribution in [0.2, 0.25) is 0 Å². The van der Waals surface area contributed by atoms with Crippen molar-refractivity contribution in [2.24, 2.45) is 0 Å². The summed E-state index contributed by atoms with van der Waals surface area (Å²) in [6.45, 7) is 3.89. The third-order valence-corrected chi connectivity index (χ3v) is 2.91. The van der Waals surface area contributed by atoms with Crippen LogP contribution in [-0.4, -0.2) is 9.97 Å². The zero-order valence-corrected chi connectivity index (χ0v) is 10.3. The van der Waals surface area contributed by atoms with Crippen LogP contribution >= 0.6 is 0 Å². The third kappa shape index (κ3) is 1.72. The number of hydrogen-bond donors (Lipinski definition) is 1. The molecule has 2 N–H and O–H groups in total. The molecule has 4 heteroatoms. The van der Waals surface area contributed by atoms with Gasteiger partial charge in [0.05, 0.1) is 0 Å². The molecule has 2 heterocycles. The summed E-state index contributed by atoms with van der Waals surface area (Å²) in [5.74, 6) is 0.575. The van der Waals surface area contributed by atoms with Crippen LogP contribution in [-0.2, 0) is 0 Å². The molecule has 0 amide bonds. The van der Waals surface area contributed by atoms with Gasteiger partial charge in [-0.15, -0.1) is 0 Å². The minimum Gasteiger partial charge on any atom is -0.434 e. The fraction of sp³-hybridized carbons (Fsp3) is 0.143. The van der Waals surface area contributed by atoms with Gasteiger partial charge in [-0.1, -0.05) is 0 Å². The number of aromatic nitrogens is 2. The molecule has 0 saturated heterocycles. The van der Waals surface area contributed by atoms with Gasteiger partial charge < -0.3 is 10.2 Å². The SMILES string of the molecule is Cc1ccc2oc(-c3ccc(N)c(C)c3)nc2n1. The molecular weight excluding hydrogens is 226 g/mol. The summed E-state index contributed by atoms with van der Waals surface area (Å²) in [5.41, 5.74) is 10.8. The molecule has 18 heavy (non-hydrogen) atoms. The van der Waals surface area contributed by atoms with Gasteiger partial charge in [-0.05, 0) is 49.7 Å². The smallest absolute Gasteiger partial charge is 0.228 e. The zero-order chi connectivity index (χ0) is 12.7. The molecule has 0 aliphatic heterocycles. The molecule has 2 aromatic heterocycles. The normalized spacial score (nSPS) is 11.0. The summed E-state index contributed by atoms with van der Waals surface area (Å²) in [5, 5.41) is 0. The van der Waals surface area contributed by atoms with Crippen molar-refractivity contribution in [1.29, 1.82) is 0 Å². The van der Waals surface area contributed by atoms with Gasteiger partial charge >= 0.3 is 0 Å². The standard InChI is InChI=1S/C14H13N3O/c1-8-7-10(4-5-11(8)15)14-17-13-12(18-14)6-3-9(2)16-13/h3-7H,15H2,1-2H3. The largest absolute Gasteiger partial charge is 0.434 e. The van der Waals surface area contributed by atoms with Gasteiger partial charge in [-0.25, -0.2) is 4.98 Å². The Morgan fingerprint density at radius 3 is 2.67 bits per heavy atom. The molecule has 0 spiro atoms. The number of anilines is 1. The van der Waals surface area contributed by atoms with E-state index in [-0.39, 0.29) is 0 Å². The van der Waals surface area contributed by atoms with E-state index in [1.54, 1.807) is 0 Å². The highest BCUT2D eigenvalue weighted by Crippen LogP contribution is 2.25. The maximum atomic E-state index is 5.80. The van der Waals surface area contributed by atoms with E-state index in [9.17, 15) is 0 Å². The number of nitrogen functional groups attached to an aromatic ring is 1. The van der Waals surface area contributed by atoms with E-state index in [4.69, 9.17) is 10.2 Å². The van der Waals surface area contributed by atoms with Crippen molar-refractivity contribution in [2.45, 2.75) is 13.8 Å². The molecule has 0 atom stereocenters. The van der Waals surface area contributed by atoms with Crippen LogP contribution in [0.3, 0.4) is 0 Å². The molecule has 1 aromatic carbocycles. The van der Waals surface area contributed by atoms with Gasteiger partial charge in [0, 0.05) is 16.9 Å². The van der Waals surface area contributed by atoms with E-state index >= 15 is 0 Å². The van der Waals surface area contributed by atoms with Gasteiger partial charge in [-0.2, -0.15) is 4.98 Å². The van der Waals surface area contributed by atoms with Gasteiger partial charge in [0.15, 0.2) is 11.2 Å². The van der Waals surface area contributed by atoms with Crippen LogP contribution < -0.4 is 5.73 Å². The van der Waals surface area contributed by atoms with Crippen LogP contribution in [0.25, 0.3) is 22.7 Å². The van der Waals surface area contributed by atoms with E-state index < -0.39 is 0 Å². The number of benzene rings is 1. The van der Waals surface area contributed by atoms with Crippen molar-refractivity contribution in [3.05, 3.63) is 41.6 Å². The fourth-order valence-electron chi connectivity index (χ4n) is 1.85. The maximum absolute atomic E-state index is 5.80. The first-order valence-corrected chi connectivity index (χ1v) is 5.74. The number of hydrogen-bond acceptors (Lipinski definition) is 4. The number of nitrogens with zero attached hydrogens (tertiary/aromatic N) is 2. The second-order valence-electron chi connectivity index (χ2n) is 4.36. The van der Waals surface area contributed by atoms with E-state index in [1.807, 2.05) is 44.2 Å². The Hall–Kier alpha value is -2.36. The average Bonchev–Trinajstić information content (AvgIpc) is 2.75. The third-order valence-electron chi connectivity index (χ3n) is 2.91. The molecule has 0 fully saturated rings. The van der Waals surface area contributed by atoms with Crippen LogP contribution in [0.4, 0.5) is 5.69 Å². The first kappa shape index (κ1) is 10.8. The van der Waals surface area contributed by atoms with Crippen LogP contribution in [0.1, 0.15) is 11.3 Å². The summed E-state index contributed by atoms with van der Waals surface area (Å²) in [6.07, 6.45) is 0. The summed E-state index contributed by atoms with van der Waals surface area (Å²) >= 11 is 0. The fourth-order valence-corrected chi connectivity index (χ4v) is 1.85. The highest BCUT2D eigenvalue weighted by atomic mass is 16.3. The van der Waals surface area contributed by atoms with Crippen LogP contribution in [0, 0.1) is 13.8 Å². The lowest BCUT2D eigenvalue weighted by Gasteiger charge is -2.00. The van der Waals surface area contributed by atoms with E-state index in [0.29, 0.717) is 17.1 Å². The Balaban J connectivity index is 2.16. The second-order valence-corrected chi connectivity index (χ2v) is 4.36. The summed E-state index contributed by atoms with van der Waals surface area (Å²) < 4.78 is 5.69. The molecule has 4 nitrogen and oxygen atoms in total. The molecule has 3 rings (SSSR count). The molecule has 0 aliphatic carbocycles. The first-order chi connectivity index (χ1) is 8.63. The number of aryl methyl sites for hydroxylation is 2. The summed E-state index contributed by atoms with van der Waals surface area (Å²) in [6, 6.07) is 9.52. The summed E-state index contributed by atoms with van der Waals surface area (Å²) in [7, 11) is 0. The Kier molecular flexibility index (Phi) is 2.30. The summed E-state index contributed by atoms with van der Waals surface area (Å²) in [4.78, 5) is 8.73. The van der Waals surface area contributed by atoms with Gasteiger partial charge in [0.1, 0.15) is 0 Å². The predicted octanol–water partition coefficient (Wildman–Crippen LogP) is 3.09. The monoisotopic (exact) mass is 239 g/mol. The van der Waals surface area contributed by atoms with Crippen molar-refractivity contribution in [2.75, 3.05) is 5.73 Å². The highest BCUT2D eigenvalue weighted by molar-refractivity contribution is 5.73. The molecule has 0 radical (unpaired) electrons. The topological polar surface area (TPSA) is 64.9 Å². The number of oxazole rings is 1. The van der Waals surface area contributed by atoms with Gasteiger partial charge in [0.25, 0.3) is 0 Å². The van der Waals surface area contributed by atoms with Crippen molar-refractivity contribution < 1.29 is 4.42 Å². The number of rotatable bonds is 1. The first-order valence-electron chi connectivity index (χ1n) is 5.74. The molecule has 0 bridgehead atoms. The second kappa shape index (κ2) is 3.84. The molecule has 0 aliphatic rings. The Morgan fingerprint density at radius 1 is 1.06 bits per heavy atom. The Labute approximate surface area is 104 Å². The minimum atomic E-state index is 0.575. The van der Waals surface area contributed by atoms with Crippen molar-refractivity contribution in [3.8, 4) is 11.5 Å². The lowest BCUT2D eigenvalue weighted by atomic mass is 10.1. The zero-order valence-electron chi connectivity index (χ0n) is 10.3. The predicted molar refractivity (Wildman–Crippen MR) is 71.1 cm³/mol. The van der Waals surface area contributed by atoms with Crippen LogP contribution in [0.5, 0.6) is 0 Å². The maximum Gasteiger partial charge on any atom is 0.228 e. The Morgan fingerprint density at radius 2 is 1.89 bits per heavy atom. The minimum absolute atomic E-state index is 0.575. The van der Waals surface area contributed by atoms with E-state index in [2.05, 4.69) is 9.97 Å². The average molecular weight is 239 g/mol. The number of fused-ring (bicyclic) bond motifs is 1. The van der Waals surface area contributed by atoms with Crippen molar-refractivity contribution in [1.82, 2.24) is 9.97 Å². The molecular formula is C14H13N3O. The number of pyridine rings is 1. The molecule has 90 valence electrons.